The molecule has 0 spiro atoms. The molecule has 1 heterocycles. The van der Waals surface area contributed by atoms with Crippen molar-refractivity contribution in [1.82, 2.24) is 5.16 Å². The molecule has 0 radical (unpaired) electrons. The topological polar surface area (TPSA) is 78.6 Å². The van der Waals surface area contributed by atoms with Gasteiger partial charge in [-0.1, -0.05) is 43.6 Å². The van der Waals surface area contributed by atoms with Gasteiger partial charge in [-0.15, -0.1) is 0 Å². The average Bonchev–Trinajstić information content (AvgIpc) is 3.00. The second-order valence-corrected chi connectivity index (χ2v) is 14.6. The maximum absolute atomic E-state index is 12.2. The molecule has 0 fully saturated rings. The van der Waals surface area contributed by atoms with E-state index in [0.29, 0.717) is 24.5 Å². The molecular formula is C19H29NO5SSi. The summed E-state index contributed by atoms with van der Waals surface area (Å²) in [4.78, 5) is 0.125. The Morgan fingerprint density at radius 3 is 2.37 bits per heavy atom. The van der Waals surface area contributed by atoms with Crippen LogP contribution in [0, 0.1) is 6.92 Å². The van der Waals surface area contributed by atoms with E-state index in [1.165, 1.54) is 12.1 Å². The summed E-state index contributed by atoms with van der Waals surface area (Å²) >= 11 is 0. The molecule has 0 atom stereocenters. The van der Waals surface area contributed by atoms with E-state index in [-0.39, 0.29) is 16.5 Å². The molecule has 0 saturated heterocycles. The lowest BCUT2D eigenvalue weighted by atomic mass is 10.2. The van der Waals surface area contributed by atoms with Crippen molar-refractivity contribution >= 4 is 18.4 Å². The summed E-state index contributed by atoms with van der Waals surface area (Å²) in [6.07, 6.45) is 0.588. The van der Waals surface area contributed by atoms with Crippen molar-refractivity contribution in [2.24, 2.45) is 0 Å². The number of hydrogen-bond donors (Lipinski definition) is 0. The Labute approximate surface area is 163 Å². The SMILES string of the molecule is Cc1ccc(S(=O)(=O)OCc2cc(CCO[Si](C)(C)C(C)(C)C)on2)cc1. The van der Waals surface area contributed by atoms with Crippen molar-refractivity contribution in [1.29, 1.82) is 0 Å². The highest BCUT2D eigenvalue weighted by atomic mass is 32.2. The van der Waals surface area contributed by atoms with Crippen LogP contribution < -0.4 is 0 Å². The van der Waals surface area contributed by atoms with Crippen LogP contribution in [0.3, 0.4) is 0 Å². The summed E-state index contributed by atoms with van der Waals surface area (Å²) < 4.78 is 40.9. The van der Waals surface area contributed by atoms with Gasteiger partial charge in [0, 0.05) is 19.1 Å². The fourth-order valence-corrected chi connectivity index (χ4v) is 4.00. The third-order valence-electron chi connectivity index (χ3n) is 4.90. The van der Waals surface area contributed by atoms with Crippen molar-refractivity contribution in [2.75, 3.05) is 6.61 Å². The molecule has 0 aliphatic rings. The van der Waals surface area contributed by atoms with Gasteiger partial charge in [0.2, 0.25) is 0 Å². The van der Waals surface area contributed by atoms with Crippen molar-refractivity contribution in [3.63, 3.8) is 0 Å². The van der Waals surface area contributed by atoms with E-state index in [2.05, 4.69) is 39.0 Å². The number of rotatable bonds is 8. The molecule has 150 valence electrons. The Balaban J connectivity index is 1.88. The van der Waals surface area contributed by atoms with E-state index in [1.54, 1.807) is 18.2 Å². The normalized spacial score (nSPS) is 13.1. The molecule has 27 heavy (non-hydrogen) atoms. The first kappa shape index (κ1) is 21.8. The monoisotopic (exact) mass is 411 g/mol. The van der Waals surface area contributed by atoms with Gasteiger partial charge in [-0.2, -0.15) is 8.42 Å². The number of benzene rings is 1. The van der Waals surface area contributed by atoms with Gasteiger partial charge >= 0.3 is 0 Å². The highest BCUT2D eigenvalue weighted by Crippen LogP contribution is 2.36. The van der Waals surface area contributed by atoms with Gasteiger partial charge in [0.05, 0.1) is 4.90 Å². The Morgan fingerprint density at radius 2 is 1.78 bits per heavy atom. The predicted octanol–water partition coefficient (Wildman–Crippen LogP) is 4.45. The number of nitrogens with zero attached hydrogens (tertiary/aromatic N) is 1. The molecule has 0 aliphatic carbocycles. The minimum absolute atomic E-state index is 0.125. The van der Waals surface area contributed by atoms with Crippen LogP contribution in [-0.4, -0.2) is 28.5 Å². The van der Waals surface area contributed by atoms with Crippen LogP contribution in [0.5, 0.6) is 0 Å². The Morgan fingerprint density at radius 1 is 1.15 bits per heavy atom. The maximum Gasteiger partial charge on any atom is 0.297 e. The molecule has 2 aromatic rings. The third-order valence-corrected chi connectivity index (χ3v) is 10.7. The van der Waals surface area contributed by atoms with Gasteiger partial charge in [-0.3, -0.25) is 4.18 Å². The van der Waals surface area contributed by atoms with E-state index < -0.39 is 18.4 Å². The van der Waals surface area contributed by atoms with Crippen LogP contribution in [0.15, 0.2) is 39.8 Å². The van der Waals surface area contributed by atoms with Crippen molar-refractivity contribution < 1.29 is 21.5 Å². The fourth-order valence-electron chi connectivity index (χ4n) is 2.08. The summed E-state index contributed by atoms with van der Waals surface area (Å²) in [7, 11) is -5.62. The summed E-state index contributed by atoms with van der Waals surface area (Å²) in [5, 5.41) is 4.03. The van der Waals surface area contributed by atoms with Crippen molar-refractivity contribution in [3.8, 4) is 0 Å². The minimum atomic E-state index is -3.82. The second-order valence-electron chi connectivity index (χ2n) is 8.17. The Kier molecular flexibility index (Phi) is 6.67. The van der Waals surface area contributed by atoms with Gasteiger partial charge in [-0.25, -0.2) is 0 Å². The van der Waals surface area contributed by atoms with Gasteiger partial charge in [-0.05, 0) is 37.2 Å². The largest absolute Gasteiger partial charge is 0.416 e. The second kappa shape index (κ2) is 8.26. The van der Waals surface area contributed by atoms with Gasteiger partial charge < -0.3 is 8.95 Å². The zero-order valence-corrected chi connectivity index (χ0v) is 18.7. The zero-order valence-electron chi connectivity index (χ0n) is 16.9. The van der Waals surface area contributed by atoms with Crippen LogP contribution in [0.25, 0.3) is 0 Å². The van der Waals surface area contributed by atoms with E-state index >= 15 is 0 Å². The molecule has 0 unspecified atom stereocenters. The molecule has 0 aliphatic heterocycles. The molecular weight excluding hydrogens is 382 g/mol. The zero-order chi connectivity index (χ0) is 20.3. The summed E-state index contributed by atoms with van der Waals surface area (Å²) in [5.74, 6) is 0.653. The van der Waals surface area contributed by atoms with Crippen molar-refractivity contribution in [2.45, 2.75) is 63.8 Å². The van der Waals surface area contributed by atoms with Gasteiger partial charge in [0.25, 0.3) is 10.1 Å². The van der Waals surface area contributed by atoms with Gasteiger partial charge in [0.15, 0.2) is 8.32 Å². The summed E-state index contributed by atoms with van der Waals surface area (Å²) in [6.45, 7) is 13.2. The van der Waals surface area contributed by atoms with Crippen LogP contribution >= 0.6 is 0 Å². The average molecular weight is 412 g/mol. The molecule has 1 aromatic carbocycles. The minimum Gasteiger partial charge on any atom is -0.416 e. The lowest BCUT2D eigenvalue weighted by Gasteiger charge is -2.36. The molecule has 0 N–H and O–H groups in total. The third kappa shape index (κ3) is 6.00. The Bertz CT molecular complexity index is 851. The van der Waals surface area contributed by atoms with Gasteiger partial charge in [0.1, 0.15) is 18.1 Å². The highest BCUT2D eigenvalue weighted by Gasteiger charge is 2.36. The smallest absolute Gasteiger partial charge is 0.297 e. The number of aromatic nitrogens is 1. The summed E-state index contributed by atoms with van der Waals surface area (Å²) in [5.41, 5.74) is 1.42. The van der Waals surface area contributed by atoms with Crippen molar-refractivity contribution in [3.05, 3.63) is 47.3 Å². The number of hydrogen-bond acceptors (Lipinski definition) is 6. The van der Waals surface area contributed by atoms with Crippen LogP contribution in [0.2, 0.25) is 18.1 Å². The quantitative estimate of drug-likeness (QED) is 0.471. The molecule has 2 rings (SSSR count). The Hall–Kier alpha value is -1.48. The maximum atomic E-state index is 12.2. The first-order valence-corrected chi connectivity index (χ1v) is 13.3. The predicted molar refractivity (Wildman–Crippen MR) is 107 cm³/mol. The van der Waals surface area contributed by atoms with Crippen LogP contribution in [0.1, 0.15) is 37.8 Å². The lowest BCUT2D eigenvalue weighted by molar-refractivity contribution is 0.268. The molecule has 1 aromatic heterocycles. The molecule has 0 saturated carbocycles. The van der Waals surface area contributed by atoms with E-state index in [9.17, 15) is 8.42 Å². The first-order valence-electron chi connectivity index (χ1n) is 8.95. The molecule has 0 amide bonds. The molecule has 6 nitrogen and oxygen atoms in total. The highest BCUT2D eigenvalue weighted by molar-refractivity contribution is 7.86. The lowest BCUT2D eigenvalue weighted by Crippen LogP contribution is -2.41. The van der Waals surface area contributed by atoms with E-state index in [0.717, 1.165) is 5.56 Å². The summed E-state index contributed by atoms with van der Waals surface area (Å²) in [6, 6.07) is 8.22. The molecule has 8 heteroatoms. The first-order chi connectivity index (χ1) is 12.4. The fraction of sp³-hybridized carbons (Fsp3) is 0.526. The van der Waals surface area contributed by atoms with E-state index in [4.69, 9.17) is 13.1 Å². The number of aryl methyl sites for hydroxylation is 1. The standard InChI is InChI=1S/C19H29NO5SSi/c1-15-7-9-18(10-8-15)26(21,22)23-14-16-13-17(25-20-16)11-12-24-27(5,6)19(2,3)4/h7-10,13H,11-12,14H2,1-6H3. The molecule has 0 bridgehead atoms. The van der Waals surface area contributed by atoms with Crippen LogP contribution in [-0.2, 0) is 31.8 Å². The van der Waals surface area contributed by atoms with E-state index in [1.807, 2.05) is 6.92 Å². The van der Waals surface area contributed by atoms with Crippen LogP contribution in [0.4, 0.5) is 0 Å².